The number of rotatable bonds is 5. The minimum absolute atomic E-state index is 0.340. The van der Waals surface area contributed by atoms with Crippen molar-refractivity contribution in [3.63, 3.8) is 0 Å². The Balaban J connectivity index is 1.60. The second kappa shape index (κ2) is 8.19. The van der Waals surface area contributed by atoms with E-state index in [4.69, 9.17) is 0 Å². The summed E-state index contributed by atoms with van der Waals surface area (Å²) in [7, 11) is 0. The fourth-order valence-electron chi connectivity index (χ4n) is 3.33. The highest BCUT2D eigenvalue weighted by molar-refractivity contribution is 8.00. The zero-order valence-electron chi connectivity index (χ0n) is 15.6. The number of pyridine rings is 1. The van der Waals surface area contributed by atoms with Crippen LogP contribution in [-0.4, -0.2) is 11.5 Å². The normalized spacial score (nSPS) is 13.0. The maximum absolute atomic E-state index is 13.9. The molecule has 0 amide bonds. The molecule has 6 heteroatoms. The van der Waals surface area contributed by atoms with Crippen LogP contribution in [0.25, 0.3) is 11.1 Å². The van der Waals surface area contributed by atoms with E-state index in [0.29, 0.717) is 4.90 Å². The van der Waals surface area contributed by atoms with Gasteiger partial charge in [0.05, 0.1) is 16.3 Å². The molecule has 3 nitrogen and oxygen atoms in total. The summed E-state index contributed by atoms with van der Waals surface area (Å²) in [5.74, 6) is -1.17. The zero-order chi connectivity index (χ0) is 19.5. The third-order valence-electron chi connectivity index (χ3n) is 4.85. The van der Waals surface area contributed by atoms with E-state index in [1.807, 2.05) is 19.2 Å². The van der Waals surface area contributed by atoms with Crippen molar-refractivity contribution in [3.05, 3.63) is 71.6 Å². The summed E-state index contributed by atoms with van der Waals surface area (Å²) in [4.78, 5) is 4.92. The van der Waals surface area contributed by atoms with Crippen LogP contribution in [0, 0.1) is 11.6 Å². The lowest BCUT2D eigenvalue weighted by molar-refractivity contribution is 0.566. The van der Waals surface area contributed by atoms with Crippen molar-refractivity contribution in [2.75, 3.05) is 16.6 Å². The fourth-order valence-corrected chi connectivity index (χ4v) is 4.02. The highest BCUT2D eigenvalue weighted by Crippen LogP contribution is 2.32. The van der Waals surface area contributed by atoms with E-state index in [-0.39, 0.29) is 0 Å². The molecular weight excluding hydrogens is 376 g/mol. The van der Waals surface area contributed by atoms with Crippen LogP contribution in [0.3, 0.4) is 0 Å². The molecule has 28 heavy (non-hydrogen) atoms. The van der Waals surface area contributed by atoms with Crippen LogP contribution in [0.15, 0.2) is 53.6 Å². The first-order chi connectivity index (χ1) is 13.6. The summed E-state index contributed by atoms with van der Waals surface area (Å²) in [5.41, 5.74) is 6.34. The summed E-state index contributed by atoms with van der Waals surface area (Å²) >= 11 is 1.12. The predicted octanol–water partition coefficient (Wildman–Crippen LogP) is 6.07. The summed E-state index contributed by atoms with van der Waals surface area (Å²) in [6.07, 6.45) is 4.88. The first-order valence-corrected chi connectivity index (χ1v) is 10.2. The van der Waals surface area contributed by atoms with Gasteiger partial charge < -0.3 is 10.0 Å². The molecule has 2 heterocycles. The van der Waals surface area contributed by atoms with Crippen molar-refractivity contribution in [2.24, 2.45) is 0 Å². The van der Waals surface area contributed by atoms with Crippen LogP contribution < -0.4 is 10.0 Å². The van der Waals surface area contributed by atoms with Gasteiger partial charge in [0.1, 0.15) is 11.6 Å². The SMILES string of the molecule is CCc1ncc(-c2ccc3c(c2)NCCC3)cc1NSc1ccc(F)cc1F. The van der Waals surface area contributed by atoms with Gasteiger partial charge in [-0.2, -0.15) is 0 Å². The third-order valence-corrected chi connectivity index (χ3v) is 5.72. The molecule has 1 aliphatic heterocycles. The van der Waals surface area contributed by atoms with Crippen LogP contribution in [0.5, 0.6) is 0 Å². The lowest BCUT2D eigenvalue weighted by atomic mass is 9.98. The van der Waals surface area contributed by atoms with Gasteiger partial charge in [-0.15, -0.1) is 0 Å². The number of anilines is 2. The Bertz CT molecular complexity index is 1010. The molecule has 1 aliphatic rings. The van der Waals surface area contributed by atoms with E-state index >= 15 is 0 Å². The van der Waals surface area contributed by atoms with Crippen molar-refractivity contribution < 1.29 is 8.78 Å². The number of aryl methyl sites for hydroxylation is 2. The summed E-state index contributed by atoms with van der Waals surface area (Å²) < 4.78 is 30.2. The molecule has 0 bridgehead atoms. The number of nitrogens with one attached hydrogen (secondary N) is 2. The smallest absolute Gasteiger partial charge is 0.141 e. The van der Waals surface area contributed by atoms with Crippen LogP contribution in [0.4, 0.5) is 20.2 Å². The van der Waals surface area contributed by atoms with Crippen molar-refractivity contribution >= 4 is 23.3 Å². The summed E-state index contributed by atoms with van der Waals surface area (Å²) in [6.45, 7) is 3.02. The van der Waals surface area contributed by atoms with Gasteiger partial charge in [-0.1, -0.05) is 19.1 Å². The van der Waals surface area contributed by atoms with Crippen LogP contribution in [0.1, 0.15) is 24.6 Å². The number of nitrogens with zero attached hydrogens (tertiary/aromatic N) is 1. The van der Waals surface area contributed by atoms with Crippen LogP contribution in [0.2, 0.25) is 0 Å². The van der Waals surface area contributed by atoms with Crippen LogP contribution >= 0.6 is 11.9 Å². The molecule has 0 unspecified atom stereocenters. The lowest BCUT2D eigenvalue weighted by Gasteiger charge is -2.19. The number of aromatic nitrogens is 1. The van der Waals surface area contributed by atoms with E-state index < -0.39 is 11.6 Å². The molecule has 0 saturated carbocycles. The van der Waals surface area contributed by atoms with E-state index in [1.54, 1.807) is 0 Å². The predicted molar refractivity (Wildman–Crippen MR) is 112 cm³/mol. The monoisotopic (exact) mass is 397 g/mol. The number of hydrogen-bond acceptors (Lipinski definition) is 4. The van der Waals surface area contributed by atoms with Crippen LogP contribution in [-0.2, 0) is 12.8 Å². The Hall–Kier alpha value is -2.60. The molecule has 3 aromatic rings. The molecule has 0 saturated heterocycles. The van der Waals surface area contributed by atoms with Gasteiger partial charge in [-0.3, -0.25) is 4.98 Å². The zero-order valence-corrected chi connectivity index (χ0v) is 16.4. The molecule has 0 radical (unpaired) electrons. The van der Waals surface area contributed by atoms with Gasteiger partial charge >= 0.3 is 0 Å². The Labute approximate surface area is 167 Å². The fraction of sp³-hybridized carbons (Fsp3) is 0.227. The Morgan fingerprint density at radius 1 is 1.11 bits per heavy atom. The van der Waals surface area contributed by atoms with Crippen molar-refractivity contribution in [2.45, 2.75) is 31.1 Å². The summed E-state index contributed by atoms with van der Waals surface area (Å²) in [6, 6.07) is 12.0. The number of benzene rings is 2. The second-order valence-electron chi connectivity index (χ2n) is 6.75. The number of fused-ring (bicyclic) bond motifs is 1. The molecule has 0 spiro atoms. The van der Waals surface area contributed by atoms with Crippen molar-refractivity contribution in [1.82, 2.24) is 4.98 Å². The van der Waals surface area contributed by atoms with E-state index in [9.17, 15) is 8.78 Å². The Morgan fingerprint density at radius 2 is 2.00 bits per heavy atom. The Morgan fingerprint density at radius 3 is 2.82 bits per heavy atom. The average Bonchev–Trinajstić information content (AvgIpc) is 2.72. The maximum atomic E-state index is 13.9. The molecule has 0 atom stereocenters. The van der Waals surface area contributed by atoms with E-state index in [0.717, 1.165) is 66.3 Å². The first kappa shape index (κ1) is 18.7. The molecule has 2 N–H and O–H groups in total. The van der Waals surface area contributed by atoms with Gasteiger partial charge in [0, 0.05) is 30.1 Å². The standard InChI is InChI=1S/C22H21F2N3S/c1-2-19-21(27-28-22-8-7-17(23)12-18(22)24)11-16(13-26-19)15-6-5-14-4-3-9-25-20(14)10-15/h5-8,10-13,25,27H,2-4,9H2,1H3. The highest BCUT2D eigenvalue weighted by atomic mass is 32.2. The largest absolute Gasteiger partial charge is 0.385 e. The molecule has 2 aromatic carbocycles. The number of hydrogen-bond donors (Lipinski definition) is 2. The lowest BCUT2D eigenvalue weighted by Crippen LogP contribution is -2.11. The van der Waals surface area contributed by atoms with Crippen molar-refractivity contribution in [1.29, 1.82) is 0 Å². The summed E-state index contributed by atoms with van der Waals surface area (Å²) in [5, 5.41) is 3.45. The molecule has 144 valence electrons. The van der Waals surface area contributed by atoms with Crippen molar-refractivity contribution in [3.8, 4) is 11.1 Å². The molecular formula is C22H21F2N3S. The first-order valence-electron chi connectivity index (χ1n) is 9.38. The molecule has 0 aliphatic carbocycles. The maximum Gasteiger partial charge on any atom is 0.141 e. The van der Waals surface area contributed by atoms with E-state index in [1.165, 1.54) is 23.4 Å². The van der Waals surface area contributed by atoms with E-state index in [2.05, 4.69) is 33.2 Å². The van der Waals surface area contributed by atoms with Gasteiger partial charge in [0.25, 0.3) is 0 Å². The third kappa shape index (κ3) is 3.97. The minimum Gasteiger partial charge on any atom is -0.385 e. The van der Waals surface area contributed by atoms with Gasteiger partial charge in [-0.05, 0) is 66.6 Å². The average molecular weight is 397 g/mol. The second-order valence-corrected chi connectivity index (χ2v) is 7.60. The van der Waals surface area contributed by atoms with Gasteiger partial charge in [-0.25, -0.2) is 8.78 Å². The number of halogens is 2. The minimum atomic E-state index is -0.583. The quantitative estimate of drug-likeness (QED) is 0.513. The molecule has 1 aromatic heterocycles. The highest BCUT2D eigenvalue weighted by Gasteiger charge is 2.12. The molecule has 0 fully saturated rings. The topological polar surface area (TPSA) is 37.0 Å². The van der Waals surface area contributed by atoms with Gasteiger partial charge in [0.2, 0.25) is 0 Å². The molecule has 4 rings (SSSR count). The van der Waals surface area contributed by atoms with Gasteiger partial charge in [0.15, 0.2) is 0 Å². The Kier molecular flexibility index (Phi) is 5.48.